The van der Waals surface area contributed by atoms with Crippen molar-refractivity contribution in [3.8, 4) is 6.07 Å². The number of nitrogens with one attached hydrogen (secondary N) is 2. The van der Waals surface area contributed by atoms with Crippen LogP contribution >= 0.6 is 22.6 Å². The molecule has 0 aliphatic carbocycles. The molecule has 2 N–H and O–H groups in total. The predicted octanol–water partition coefficient (Wildman–Crippen LogP) is 4.37. The zero-order valence-electron chi connectivity index (χ0n) is 12.9. The van der Waals surface area contributed by atoms with Gasteiger partial charge in [-0.1, -0.05) is 12.1 Å². The summed E-state index contributed by atoms with van der Waals surface area (Å²) in [6.07, 6.45) is 1.42. The van der Waals surface area contributed by atoms with Crippen molar-refractivity contribution >= 4 is 39.9 Å². The zero-order chi connectivity index (χ0) is 16.8. The second-order valence-corrected chi connectivity index (χ2v) is 6.27. The SMILES string of the molecule is Cc1cccc(NC(=O)/C(C#N)=C\Nc2ccc(I)cc2)c1C. The first kappa shape index (κ1) is 17.0. The van der Waals surface area contributed by atoms with Crippen molar-refractivity contribution in [2.24, 2.45) is 0 Å². The van der Waals surface area contributed by atoms with Crippen LogP contribution in [0.4, 0.5) is 11.4 Å². The lowest BCUT2D eigenvalue weighted by atomic mass is 10.1. The van der Waals surface area contributed by atoms with Gasteiger partial charge in [0.25, 0.3) is 5.91 Å². The van der Waals surface area contributed by atoms with Crippen LogP contribution in [0.25, 0.3) is 0 Å². The summed E-state index contributed by atoms with van der Waals surface area (Å²) in [6.45, 7) is 3.91. The Kier molecular flexibility index (Phi) is 5.77. The Labute approximate surface area is 149 Å². The molecule has 1 amide bonds. The molecule has 0 bridgehead atoms. The van der Waals surface area contributed by atoms with E-state index in [-0.39, 0.29) is 5.57 Å². The van der Waals surface area contributed by atoms with Crippen molar-refractivity contribution in [3.05, 3.63) is 68.9 Å². The minimum Gasteiger partial charge on any atom is -0.360 e. The van der Waals surface area contributed by atoms with E-state index in [1.165, 1.54) is 6.20 Å². The van der Waals surface area contributed by atoms with E-state index in [0.717, 1.165) is 20.4 Å². The van der Waals surface area contributed by atoms with Gasteiger partial charge in [-0.3, -0.25) is 4.79 Å². The number of benzene rings is 2. The number of aryl methyl sites for hydroxylation is 1. The quantitative estimate of drug-likeness (QED) is 0.441. The fraction of sp³-hybridized carbons (Fsp3) is 0.111. The molecule has 0 atom stereocenters. The molecule has 5 heteroatoms. The Morgan fingerprint density at radius 1 is 1.17 bits per heavy atom. The van der Waals surface area contributed by atoms with E-state index < -0.39 is 5.91 Å². The van der Waals surface area contributed by atoms with Gasteiger partial charge >= 0.3 is 0 Å². The Morgan fingerprint density at radius 3 is 2.52 bits per heavy atom. The minimum absolute atomic E-state index is 0.0180. The molecule has 2 rings (SSSR count). The number of anilines is 2. The van der Waals surface area contributed by atoms with Gasteiger partial charge in [-0.25, -0.2) is 0 Å². The fourth-order valence-corrected chi connectivity index (χ4v) is 2.29. The summed E-state index contributed by atoms with van der Waals surface area (Å²) in [5, 5.41) is 14.9. The minimum atomic E-state index is -0.431. The molecule has 0 unspecified atom stereocenters. The van der Waals surface area contributed by atoms with E-state index in [2.05, 4.69) is 33.2 Å². The highest BCUT2D eigenvalue weighted by atomic mass is 127. The lowest BCUT2D eigenvalue weighted by Crippen LogP contribution is -2.15. The van der Waals surface area contributed by atoms with Gasteiger partial charge in [0.2, 0.25) is 0 Å². The topological polar surface area (TPSA) is 64.9 Å². The predicted molar refractivity (Wildman–Crippen MR) is 101 cm³/mol. The van der Waals surface area contributed by atoms with E-state index in [9.17, 15) is 10.1 Å². The zero-order valence-corrected chi connectivity index (χ0v) is 15.0. The number of rotatable bonds is 4. The first-order chi connectivity index (χ1) is 11.0. The normalized spacial score (nSPS) is 10.8. The monoisotopic (exact) mass is 417 g/mol. The molecular weight excluding hydrogens is 401 g/mol. The molecule has 0 saturated carbocycles. The molecule has 23 heavy (non-hydrogen) atoms. The van der Waals surface area contributed by atoms with E-state index in [1.54, 1.807) is 0 Å². The third-order valence-electron chi connectivity index (χ3n) is 3.45. The van der Waals surface area contributed by atoms with E-state index in [4.69, 9.17) is 0 Å². The van der Waals surface area contributed by atoms with Crippen molar-refractivity contribution in [2.75, 3.05) is 10.6 Å². The smallest absolute Gasteiger partial charge is 0.267 e. The van der Waals surface area contributed by atoms with Crippen LogP contribution in [0.15, 0.2) is 54.2 Å². The largest absolute Gasteiger partial charge is 0.360 e. The second kappa shape index (κ2) is 7.79. The van der Waals surface area contributed by atoms with E-state index in [1.807, 2.05) is 62.4 Å². The van der Waals surface area contributed by atoms with Crippen LogP contribution in [0.1, 0.15) is 11.1 Å². The fourth-order valence-electron chi connectivity index (χ4n) is 1.93. The van der Waals surface area contributed by atoms with Crippen LogP contribution in [0, 0.1) is 28.7 Å². The Bertz CT molecular complexity index is 789. The van der Waals surface area contributed by atoms with Crippen LogP contribution in [-0.2, 0) is 4.79 Å². The van der Waals surface area contributed by atoms with Crippen molar-refractivity contribution in [2.45, 2.75) is 13.8 Å². The summed E-state index contributed by atoms with van der Waals surface area (Å²) in [6, 6.07) is 15.2. The molecule has 2 aromatic rings. The van der Waals surface area contributed by atoms with Gasteiger partial charge in [-0.05, 0) is 77.9 Å². The molecule has 0 heterocycles. The molecule has 0 saturated heterocycles. The summed E-state index contributed by atoms with van der Waals surface area (Å²) in [7, 11) is 0. The molecule has 0 aliphatic heterocycles. The molecule has 4 nitrogen and oxygen atoms in total. The lowest BCUT2D eigenvalue weighted by Gasteiger charge is -2.10. The van der Waals surface area contributed by atoms with Gasteiger partial charge in [0.1, 0.15) is 11.6 Å². The maximum Gasteiger partial charge on any atom is 0.267 e. The van der Waals surface area contributed by atoms with Crippen LogP contribution in [-0.4, -0.2) is 5.91 Å². The summed E-state index contributed by atoms with van der Waals surface area (Å²) >= 11 is 2.21. The van der Waals surface area contributed by atoms with Gasteiger partial charge in [0.15, 0.2) is 0 Å². The van der Waals surface area contributed by atoms with Crippen molar-refractivity contribution < 1.29 is 4.79 Å². The van der Waals surface area contributed by atoms with Crippen LogP contribution in [0.3, 0.4) is 0 Å². The standard InChI is InChI=1S/C18H16IN3O/c1-12-4-3-5-17(13(12)2)22-18(23)14(10-20)11-21-16-8-6-15(19)7-9-16/h3-9,11,21H,1-2H3,(H,22,23)/b14-11-. The Balaban J connectivity index is 2.12. The maximum atomic E-state index is 12.2. The highest BCUT2D eigenvalue weighted by Gasteiger charge is 2.11. The maximum absolute atomic E-state index is 12.2. The Morgan fingerprint density at radius 2 is 1.87 bits per heavy atom. The summed E-state index contributed by atoms with van der Waals surface area (Å²) < 4.78 is 1.12. The number of halogens is 1. The van der Waals surface area contributed by atoms with Crippen LogP contribution in [0.5, 0.6) is 0 Å². The van der Waals surface area contributed by atoms with Crippen LogP contribution < -0.4 is 10.6 Å². The van der Waals surface area contributed by atoms with Gasteiger partial charge in [0.05, 0.1) is 0 Å². The average molecular weight is 417 g/mol. The summed E-state index contributed by atoms with van der Waals surface area (Å²) in [4.78, 5) is 12.2. The first-order valence-electron chi connectivity index (χ1n) is 7.01. The number of carbonyl (C=O) groups is 1. The van der Waals surface area contributed by atoms with Crippen molar-refractivity contribution in [1.82, 2.24) is 0 Å². The molecule has 0 spiro atoms. The number of nitriles is 1. The van der Waals surface area contributed by atoms with Gasteiger partial charge in [-0.15, -0.1) is 0 Å². The summed E-state index contributed by atoms with van der Waals surface area (Å²) in [5.74, 6) is -0.431. The summed E-state index contributed by atoms with van der Waals surface area (Å²) in [5.41, 5.74) is 3.62. The molecule has 0 fully saturated rings. The Hall–Kier alpha value is -2.33. The molecule has 2 aromatic carbocycles. The number of nitrogens with zero attached hydrogens (tertiary/aromatic N) is 1. The van der Waals surface area contributed by atoms with E-state index >= 15 is 0 Å². The molecule has 0 aliphatic rings. The second-order valence-electron chi connectivity index (χ2n) is 5.02. The van der Waals surface area contributed by atoms with Gasteiger partial charge in [-0.2, -0.15) is 5.26 Å². The van der Waals surface area contributed by atoms with Gasteiger partial charge in [0, 0.05) is 21.1 Å². The highest BCUT2D eigenvalue weighted by Crippen LogP contribution is 2.18. The average Bonchev–Trinajstić information content (AvgIpc) is 2.54. The lowest BCUT2D eigenvalue weighted by molar-refractivity contribution is -0.112. The number of hydrogen-bond acceptors (Lipinski definition) is 3. The molecule has 0 aromatic heterocycles. The number of amides is 1. The number of hydrogen-bond donors (Lipinski definition) is 2. The third-order valence-corrected chi connectivity index (χ3v) is 4.16. The molecular formula is C18H16IN3O. The van der Waals surface area contributed by atoms with Crippen molar-refractivity contribution in [1.29, 1.82) is 5.26 Å². The van der Waals surface area contributed by atoms with E-state index in [0.29, 0.717) is 5.69 Å². The van der Waals surface area contributed by atoms with Gasteiger partial charge < -0.3 is 10.6 Å². The third kappa shape index (κ3) is 4.57. The first-order valence-corrected chi connectivity index (χ1v) is 8.09. The molecule has 116 valence electrons. The van der Waals surface area contributed by atoms with Crippen molar-refractivity contribution in [3.63, 3.8) is 0 Å². The van der Waals surface area contributed by atoms with Crippen LogP contribution in [0.2, 0.25) is 0 Å². The highest BCUT2D eigenvalue weighted by molar-refractivity contribution is 14.1. The number of carbonyl (C=O) groups excluding carboxylic acids is 1. The molecule has 0 radical (unpaired) electrons.